The van der Waals surface area contributed by atoms with Crippen molar-refractivity contribution in [2.24, 2.45) is 0 Å². The summed E-state index contributed by atoms with van der Waals surface area (Å²) in [6, 6.07) is 5.42. The third-order valence-electron chi connectivity index (χ3n) is 2.35. The molecule has 1 rings (SSSR count). The highest BCUT2D eigenvalue weighted by atomic mass is 16.5. The van der Waals surface area contributed by atoms with Crippen molar-refractivity contribution in [1.82, 2.24) is 0 Å². The van der Waals surface area contributed by atoms with Gasteiger partial charge in [-0.3, -0.25) is 0 Å². The first-order valence-corrected chi connectivity index (χ1v) is 5.69. The second kappa shape index (κ2) is 6.69. The molecule has 0 saturated heterocycles. The standard InChI is InChI=1S/C14H18O4/c1-5-18-14(15)10(2)6-11-7-12(16-3)9-13(8-11)17-4/h6-9H,5H2,1-4H3/b10-6+. The molecule has 0 heterocycles. The van der Waals surface area contributed by atoms with Gasteiger partial charge in [0, 0.05) is 11.6 Å². The molecule has 1 aromatic carbocycles. The Morgan fingerprint density at radius 1 is 1.17 bits per heavy atom. The van der Waals surface area contributed by atoms with Gasteiger partial charge in [0.25, 0.3) is 0 Å². The quantitative estimate of drug-likeness (QED) is 0.595. The van der Waals surface area contributed by atoms with Crippen molar-refractivity contribution in [3.8, 4) is 11.5 Å². The Morgan fingerprint density at radius 3 is 2.17 bits per heavy atom. The molecule has 4 heteroatoms. The molecule has 0 atom stereocenters. The van der Waals surface area contributed by atoms with E-state index in [1.807, 2.05) is 12.1 Å². The van der Waals surface area contributed by atoms with Gasteiger partial charge in [-0.2, -0.15) is 0 Å². The minimum Gasteiger partial charge on any atom is -0.497 e. The highest BCUT2D eigenvalue weighted by Gasteiger charge is 2.06. The smallest absolute Gasteiger partial charge is 0.333 e. The molecule has 0 bridgehead atoms. The lowest BCUT2D eigenvalue weighted by Crippen LogP contribution is -2.04. The molecule has 0 aliphatic rings. The maximum absolute atomic E-state index is 11.5. The van der Waals surface area contributed by atoms with Crippen molar-refractivity contribution >= 4 is 12.0 Å². The SMILES string of the molecule is CCOC(=O)/C(C)=C/c1cc(OC)cc(OC)c1. The number of benzene rings is 1. The van der Waals surface area contributed by atoms with Crippen LogP contribution in [0.15, 0.2) is 23.8 Å². The molecule has 98 valence electrons. The first-order chi connectivity index (χ1) is 8.60. The fourth-order valence-corrected chi connectivity index (χ4v) is 1.47. The van der Waals surface area contributed by atoms with E-state index in [9.17, 15) is 4.79 Å². The van der Waals surface area contributed by atoms with Crippen LogP contribution in [-0.4, -0.2) is 26.8 Å². The number of methoxy groups -OCH3 is 2. The molecule has 0 N–H and O–H groups in total. The normalized spacial score (nSPS) is 11.0. The van der Waals surface area contributed by atoms with Gasteiger partial charge in [0.05, 0.1) is 20.8 Å². The Hall–Kier alpha value is -1.97. The van der Waals surface area contributed by atoms with Gasteiger partial charge >= 0.3 is 5.97 Å². The molecule has 0 radical (unpaired) electrons. The van der Waals surface area contributed by atoms with Crippen LogP contribution in [0.4, 0.5) is 0 Å². The summed E-state index contributed by atoms with van der Waals surface area (Å²) >= 11 is 0. The zero-order valence-corrected chi connectivity index (χ0v) is 11.1. The highest BCUT2D eigenvalue weighted by Crippen LogP contribution is 2.24. The lowest BCUT2D eigenvalue weighted by atomic mass is 10.1. The summed E-state index contributed by atoms with van der Waals surface area (Å²) < 4.78 is 15.2. The fourth-order valence-electron chi connectivity index (χ4n) is 1.47. The lowest BCUT2D eigenvalue weighted by Gasteiger charge is -2.07. The number of carbonyl (C=O) groups is 1. The minimum absolute atomic E-state index is 0.320. The maximum atomic E-state index is 11.5. The van der Waals surface area contributed by atoms with Crippen LogP contribution in [0.1, 0.15) is 19.4 Å². The predicted molar refractivity (Wildman–Crippen MR) is 69.8 cm³/mol. The second-order valence-corrected chi connectivity index (χ2v) is 3.69. The summed E-state index contributed by atoms with van der Waals surface area (Å²) in [6.45, 7) is 3.86. The summed E-state index contributed by atoms with van der Waals surface area (Å²) in [7, 11) is 3.17. The van der Waals surface area contributed by atoms with Gasteiger partial charge in [-0.1, -0.05) is 0 Å². The Labute approximate surface area is 107 Å². The van der Waals surface area contributed by atoms with E-state index in [0.29, 0.717) is 23.7 Å². The molecule has 0 aliphatic heterocycles. The molecule has 1 aromatic rings. The fraction of sp³-hybridized carbons (Fsp3) is 0.357. The predicted octanol–water partition coefficient (Wildman–Crippen LogP) is 2.67. The van der Waals surface area contributed by atoms with Crippen molar-refractivity contribution in [3.63, 3.8) is 0 Å². The number of carbonyl (C=O) groups excluding carboxylic acids is 1. The number of rotatable bonds is 5. The monoisotopic (exact) mass is 250 g/mol. The van der Waals surface area contributed by atoms with Crippen LogP contribution in [0.2, 0.25) is 0 Å². The van der Waals surface area contributed by atoms with Crippen molar-refractivity contribution in [3.05, 3.63) is 29.3 Å². The molecule has 0 fully saturated rings. The molecule has 0 amide bonds. The molecule has 0 unspecified atom stereocenters. The molecular weight excluding hydrogens is 232 g/mol. The third-order valence-corrected chi connectivity index (χ3v) is 2.35. The molecular formula is C14H18O4. The van der Waals surface area contributed by atoms with Crippen molar-refractivity contribution < 1.29 is 19.0 Å². The van der Waals surface area contributed by atoms with E-state index in [1.54, 1.807) is 40.2 Å². The van der Waals surface area contributed by atoms with E-state index in [1.165, 1.54) is 0 Å². The van der Waals surface area contributed by atoms with Gasteiger partial charge < -0.3 is 14.2 Å². The van der Waals surface area contributed by atoms with Crippen LogP contribution >= 0.6 is 0 Å². The Morgan fingerprint density at radius 2 is 1.72 bits per heavy atom. The molecule has 0 spiro atoms. The summed E-state index contributed by atoms with van der Waals surface area (Å²) in [4.78, 5) is 11.5. The summed E-state index contributed by atoms with van der Waals surface area (Å²) in [5.41, 5.74) is 1.36. The van der Waals surface area contributed by atoms with Gasteiger partial charge in [-0.25, -0.2) is 4.79 Å². The Kier molecular flexibility index (Phi) is 5.24. The first-order valence-electron chi connectivity index (χ1n) is 5.69. The number of hydrogen-bond donors (Lipinski definition) is 0. The van der Waals surface area contributed by atoms with Crippen molar-refractivity contribution in [2.45, 2.75) is 13.8 Å². The third kappa shape index (κ3) is 3.80. The van der Waals surface area contributed by atoms with E-state index in [2.05, 4.69) is 0 Å². The zero-order valence-electron chi connectivity index (χ0n) is 11.1. The van der Waals surface area contributed by atoms with Gasteiger partial charge in [0.1, 0.15) is 11.5 Å². The van der Waals surface area contributed by atoms with Crippen LogP contribution in [-0.2, 0) is 9.53 Å². The van der Waals surface area contributed by atoms with E-state index in [0.717, 1.165) is 5.56 Å². The molecule has 18 heavy (non-hydrogen) atoms. The van der Waals surface area contributed by atoms with Crippen LogP contribution in [0.5, 0.6) is 11.5 Å². The first kappa shape index (κ1) is 14.1. The largest absolute Gasteiger partial charge is 0.497 e. The summed E-state index contributed by atoms with van der Waals surface area (Å²) in [6.07, 6.45) is 1.74. The van der Waals surface area contributed by atoms with Crippen LogP contribution in [0.25, 0.3) is 6.08 Å². The van der Waals surface area contributed by atoms with Gasteiger partial charge in [0.2, 0.25) is 0 Å². The summed E-state index contributed by atoms with van der Waals surface area (Å²) in [5.74, 6) is 1.04. The zero-order chi connectivity index (χ0) is 13.5. The minimum atomic E-state index is -0.320. The molecule has 0 aliphatic carbocycles. The summed E-state index contributed by atoms with van der Waals surface area (Å²) in [5, 5.41) is 0. The Bertz CT molecular complexity index is 427. The van der Waals surface area contributed by atoms with Crippen LogP contribution in [0, 0.1) is 0 Å². The number of hydrogen-bond acceptors (Lipinski definition) is 4. The Balaban J connectivity index is 3.02. The molecule has 0 saturated carbocycles. The van der Waals surface area contributed by atoms with E-state index in [4.69, 9.17) is 14.2 Å². The average molecular weight is 250 g/mol. The van der Waals surface area contributed by atoms with Gasteiger partial charge in [0.15, 0.2) is 0 Å². The van der Waals surface area contributed by atoms with Gasteiger partial charge in [-0.05, 0) is 37.6 Å². The number of esters is 1. The van der Waals surface area contributed by atoms with Crippen molar-refractivity contribution in [1.29, 1.82) is 0 Å². The maximum Gasteiger partial charge on any atom is 0.333 e. The highest BCUT2D eigenvalue weighted by molar-refractivity contribution is 5.93. The van der Waals surface area contributed by atoms with Crippen LogP contribution < -0.4 is 9.47 Å². The van der Waals surface area contributed by atoms with Crippen LogP contribution in [0.3, 0.4) is 0 Å². The average Bonchev–Trinajstić information content (AvgIpc) is 2.38. The molecule has 4 nitrogen and oxygen atoms in total. The lowest BCUT2D eigenvalue weighted by molar-refractivity contribution is -0.138. The van der Waals surface area contributed by atoms with Crippen molar-refractivity contribution in [2.75, 3.05) is 20.8 Å². The second-order valence-electron chi connectivity index (χ2n) is 3.69. The van der Waals surface area contributed by atoms with Gasteiger partial charge in [-0.15, -0.1) is 0 Å². The molecule has 0 aromatic heterocycles. The number of ether oxygens (including phenoxy) is 3. The van der Waals surface area contributed by atoms with E-state index >= 15 is 0 Å². The van der Waals surface area contributed by atoms with E-state index in [-0.39, 0.29) is 5.97 Å². The topological polar surface area (TPSA) is 44.8 Å². The van der Waals surface area contributed by atoms with E-state index < -0.39 is 0 Å².